The number of hydrogen-bond acceptors (Lipinski definition) is 5. The summed E-state index contributed by atoms with van der Waals surface area (Å²) in [5, 5.41) is 11.9. The van der Waals surface area contributed by atoms with Gasteiger partial charge in [-0.05, 0) is 25.7 Å². The van der Waals surface area contributed by atoms with Gasteiger partial charge in [-0.3, -0.25) is 9.59 Å². The second-order valence-corrected chi connectivity index (χ2v) is 6.56. The predicted octanol–water partition coefficient (Wildman–Crippen LogP) is 1.93. The Morgan fingerprint density at radius 3 is 2.95 bits per heavy atom. The molecule has 7 heteroatoms. The van der Waals surface area contributed by atoms with E-state index in [2.05, 4.69) is 11.6 Å². The van der Waals surface area contributed by atoms with E-state index >= 15 is 0 Å². The summed E-state index contributed by atoms with van der Waals surface area (Å²) in [4.78, 5) is 29.7. The summed E-state index contributed by atoms with van der Waals surface area (Å²) in [6, 6.07) is 0. The first-order chi connectivity index (χ1) is 10.5. The van der Waals surface area contributed by atoms with Crippen LogP contribution in [0, 0.1) is 5.41 Å². The quantitative estimate of drug-likeness (QED) is 0.780. The highest BCUT2D eigenvalue weighted by molar-refractivity contribution is 7.13. The average Bonchev–Trinajstić information content (AvgIpc) is 2.91. The number of likely N-dealkylation sites (tertiary alicyclic amines) is 1. The fourth-order valence-corrected chi connectivity index (χ4v) is 3.48. The molecule has 1 aromatic rings. The Morgan fingerprint density at radius 1 is 1.59 bits per heavy atom. The lowest BCUT2D eigenvalue weighted by molar-refractivity contribution is -0.154. The van der Waals surface area contributed by atoms with Crippen LogP contribution in [0.4, 0.5) is 5.13 Å². The number of piperidine rings is 1. The number of amides is 1. The summed E-state index contributed by atoms with van der Waals surface area (Å²) in [6.45, 7) is 4.52. The van der Waals surface area contributed by atoms with Crippen molar-refractivity contribution in [3.8, 4) is 0 Å². The highest BCUT2D eigenvalue weighted by atomic mass is 32.1. The van der Waals surface area contributed by atoms with Crippen molar-refractivity contribution in [1.82, 2.24) is 9.88 Å². The number of allylic oxidation sites excluding steroid dienone is 1. The van der Waals surface area contributed by atoms with Crippen molar-refractivity contribution in [2.24, 2.45) is 5.41 Å². The van der Waals surface area contributed by atoms with Crippen LogP contribution in [0.15, 0.2) is 18.0 Å². The summed E-state index contributed by atoms with van der Waals surface area (Å²) in [6.07, 6.45) is 4.16. The van der Waals surface area contributed by atoms with E-state index in [0.29, 0.717) is 43.8 Å². The van der Waals surface area contributed by atoms with Crippen LogP contribution in [0.2, 0.25) is 0 Å². The molecule has 0 bridgehead atoms. The summed E-state index contributed by atoms with van der Waals surface area (Å²) in [5.41, 5.74) is 5.49. The Balaban J connectivity index is 1.97. The van der Waals surface area contributed by atoms with Gasteiger partial charge < -0.3 is 15.7 Å². The maximum Gasteiger partial charge on any atom is 0.311 e. The number of aryl methyl sites for hydroxylation is 1. The normalized spacial score (nSPS) is 21.5. The summed E-state index contributed by atoms with van der Waals surface area (Å²) < 4.78 is 0. The molecule has 0 aliphatic carbocycles. The first-order valence-corrected chi connectivity index (χ1v) is 8.17. The zero-order chi connectivity index (χ0) is 16.2. The third-order valence-corrected chi connectivity index (χ3v) is 4.81. The molecule has 1 aromatic heterocycles. The summed E-state index contributed by atoms with van der Waals surface area (Å²) in [5.74, 6) is -0.877. The number of nitrogens with two attached hydrogens (primary N) is 1. The number of carbonyl (C=O) groups is 2. The van der Waals surface area contributed by atoms with Gasteiger partial charge >= 0.3 is 5.97 Å². The lowest BCUT2D eigenvalue weighted by atomic mass is 9.77. The van der Waals surface area contributed by atoms with E-state index in [9.17, 15) is 14.7 Å². The number of anilines is 1. The third kappa shape index (κ3) is 3.65. The minimum atomic E-state index is -0.888. The SMILES string of the molecule is C=CC[C@@]1(C(=O)O)CCCN(C(=O)CCc2csc(N)n2)C1. The number of aliphatic carboxylic acids is 1. The third-order valence-electron chi connectivity index (χ3n) is 4.08. The lowest BCUT2D eigenvalue weighted by Crippen LogP contribution is -2.49. The number of thiazole rings is 1. The van der Waals surface area contributed by atoms with Crippen molar-refractivity contribution in [3.63, 3.8) is 0 Å². The molecule has 1 aliphatic rings. The predicted molar refractivity (Wildman–Crippen MR) is 85.5 cm³/mol. The monoisotopic (exact) mass is 323 g/mol. The highest BCUT2D eigenvalue weighted by Gasteiger charge is 2.42. The van der Waals surface area contributed by atoms with Gasteiger partial charge in [0.05, 0.1) is 11.1 Å². The van der Waals surface area contributed by atoms with Crippen LogP contribution in [0.1, 0.15) is 31.4 Å². The Kier molecular flexibility index (Phi) is 5.18. The van der Waals surface area contributed by atoms with Crippen LogP contribution in [-0.2, 0) is 16.0 Å². The van der Waals surface area contributed by atoms with Crippen molar-refractivity contribution >= 4 is 28.3 Å². The number of carboxylic acid groups (broad SMARTS) is 1. The van der Waals surface area contributed by atoms with Gasteiger partial charge in [-0.15, -0.1) is 17.9 Å². The number of aromatic nitrogens is 1. The molecule has 6 nitrogen and oxygen atoms in total. The van der Waals surface area contributed by atoms with E-state index < -0.39 is 11.4 Å². The molecule has 120 valence electrons. The number of nitrogens with zero attached hydrogens (tertiary/aromatic N) is 2. The molecule has 0 aromatic carbocycles. The van der Waals surface area contributed by atoms with Gasteiger partial charge in [0.25, 0.3) is 0 Å². The van der Waals surface area contributed by atoms with Crippen molar-refractivity contribution in [2.45, 2.75) is 32.1 Å². The number of nitrogen functional groups attached to an aromatic ring is 1. The lowest BCUT2D eigenvalue weighted by Gasteiger charge is -2.39. The van der Waals surface area contributed by atoms with E-state index in [0.717, 1.165) is 5.69 Å². The molecule has 1 atom stereocenters. The van der Waals surface area contributed by atoms with Gasteiger partial charge in [0, 0.05) is 24.9 Å². The van der Waals surface area contributed by atoms with Gasteiger partial charge in [0.2, 0.25) is 5.91 Å². The van der Waals surface area contributed by atoms with Crippen LogP contribution in [-0.4, -0.2) is 40.0 Å². The van der Waals surface area contributed by atoms with Crippen molar-refractivity contribution in [3.05, 3.63) is 23.7 Å². The Morgan fingerprint density at radius 2 is 2.36 bits per heavy atom. The Labute approximate surface area is 133 Å². The van der Waals surface area contributed by atoms with Crippen LogP contribution in [0.25, 0.3) is 0 Å². The maximum absolute atomic E-state index is 12.3. The molecule has 1 fully saturated rings. The molecule has 0 radical (unpaired) electrons. The van der Waals surface area contributed by atoms with Gasteiger partial charge in [0.15, 0.2) is 5.13 Å². The van der Waals surface area contributed by atoms with Crippen LogP contribution in [0.3, 0.4) is 0 Å². The van der Waals surface area contributed by atoms with E-state index in [-0.39, 0.29) is 12.5 Å². The smallest absolute Gasteiger partial charge is 0.311 e. The van der Waals surface area contributed by atoms with Crippen molar-refractivity contribution in [1.29, 1.82) is 0 Å². The Bertz CT molecular complexity index is 572. The molecule has 1 saturated heterocycles. The first kappa shape index (κ1) is 16.5. The number of hydrogen-bond donors (Lipinski definition) is 2. The Hall–Kier alpha value is -1.89. The molecule has 1 amide bonds. The molecule has 2 rings (SSSR count). The van der Waals surface area contributed by atoms with E-state index in [1.165, 1.54) is 11.3 Å². The van der Waals surface area contributed by atoms with Crippen molar-refractivity contribution < 1.29 is 14.7 Å². The van der Waals surface area contributed by atoms with E-state index in [4.69, 9.17) is 5.73 Å². The van der Waals surface area contributed by atoms with E-state index in [1.54, 1.807) is 11.0 Å². The molecule has 2 heterocycles. The largest absolute Gasteiger partial charge is 0.481 e. The zero-order valence-electron chi connectivity index (χ0n) is 12.5. The second-order valence-electron chi connectivity index (χ2n) is 5.67. The average molecular weight is 323 g/mol. The topological polar surface area (TPSA) is 96.5 Å². The van der Waals surface area contributed by atoms with Gasteiger partial charge in [-0.25, -0.2) is 4.98 Å². The molecule has 1 aliphatic heterocycles. The number of carboxylic acids is 1. The van der Waals surface area contributed by atoms with Crippen LogP contribution < -0.4 is 5.73 Å². The first-order valence-electron chi connectivity index (χ1n) is 7.29. The second kappa shape index (κ2) is 6.91. The maximum atomic E-state index is 12.3. The highest BCUT2D eigenvalue weighted by Crippen LogP contribution is 2.34. The van der Waals surface area contributed by atoms with Crippen molar-refractivity contribution in [2.75, 3.05) is 18.8 Å². The summed E-state index contributed by atoms with van der Waals surface area (Å²) in [7, 11) is 0. The molecule has 22 heavy (non-hydrogen) atoms. The molecule has 3 N–H and O–H groups in total. The fraction of sp³-hybridized carbons (Fsp3) is 0.533. The molecule has 0 saturated carbocycles. The minimum absolute atomic E-state index is 0.0269. The van der Waals surface area contributed by atoms with Gasteiger partial charge in [-0.1, -0.05) is 6.08 Å². The van der Waals surface area contributed by atoms with Crippen LogP contribution in [0.5, 0.6) is 0 Å². The standard InChI is InChI=1S/C15H21N3O3S/c1-2-6-15(13(20)21)7-3-8-18(10-15)12(19)5-4-11-9-22-14(16)17-11/h2,9H,1,3-8,10H2,(H2,16,17)(H,20,21)/t15-/m1/s1. The van der Waals surface area contributed by atoms with Crippen LogP contribution >= 0.6 is 11.3 Å². The summed E-state index contributed by atoms with van der Waals surface area (Å²) >= 11 is 1.35. The molecule has 0 unspecified atom stereocenters. The molecular formula is C15H21N3O3S. The molecular weight excluding hydrogens is 302 g/mol. The number of rotatable bonds is 6. The minimum Gasteiger partial charge on any atom is -0.481 e. The van der Waals surface area contributed by atoms with Gasteiger partial charge in [0.1, 0.15) is 0 Å². The fourth-order valence-electron chi connectivity index (χ4n) is 2.88. The van der Waals surface area contributed by atoms with Gasteiger partial charge in [-0.2, -0.15) is 0 Å². The zero-order valence-corrected chi connectivity index (χ0v) is 13.3. The molecule has 0 spiro atoms. The van der Waals surface area contributed by atoms with E-state index in [1.807, 2.05) is 5.38 Å². The number of carbonyl (C=O) groups excluding carboxylic acids is 1.